The normalized spacial score (nSPS) is 15.1. The van der Waals surface area contributed by atoms with Crippen LogP contribution in [0.15, 0.2) is 0 Å². The molecular weight excluding hydrogens is 190 g/mol. The van der Waals surface area contributed by atoms with Gasteiger partial charge in [0.05, 0.1) is 6.04 Å². The van der Waals surface area contributed by atoms with Crippen LogP contribution in [0.3, 0.4) is 0 Å². The molecule has 3 N–H and O–H groups in total. The second kappa shape index (κ2) is 7.65. The van der Waals surface area contributed by atoms with Crippen LogP contribution in [0.1, 0.15) is 33.1 Å². The van der Waals surface area contributed by atoms with Gasteiger partial charge in [0.25, 0.3) is 0 Å². The van der Waals surface area contributed by atoms with Crippen molar-refractivity contribution in [1.82, 2.24) is 10.2 Å². The van der Waals surface area contributed by atoms with Crippen molar-refractivity contribution in [3.05, 3.63) is 0 Å². The summed E-state index contributed by atoms with van der Waals surface area (Å²) >= 11 is 0. The predicted molar refractivity (Wildman–Crippen MR) is 63.7 cm³/mol. The first-order valence-corrected chi connectivity index (χ1v) is 5.68. The molecule has 1 unspecified atom stereocenters. The fourth-order valence-corrected chi connectivity index (χ4v) is 1.32. The zero-order valence-electron chi connectivity index (χ0n) is 10.4. The lowest BCUT2D eigenvalue weighted by Crippen LogP contribution is -2.45. The molecule has 2 atom stereocenters. The van der Waals surface area contributed by atoms with Crippen molar-refractivity contribution in [1.29, 1.82) is 0 Å². The Kier molecular flexibility index (Phi) is 7.34. The zero-order valence-corrected chi connectivity index (χ0v) is 10.4. The van der Waals surface area contributed by atoms with Crippen molar-refractivity contribution in [2.24, 2.45) is 5.73 Å². The minimum Gasteiger partial charge on any atom is -0.352 e. The SMILES string of the molecule is CCC[C@H](N)C(=O)NC(C)CCN(C)C. The molecule has 0 aromatic rings. The van der Waals surface area contributed by atoms with E-state index in [4.69, 9.17) is 5.73 Å². The van der Waals surface area contributed by atoms with Gasteiger partial charge in [0.15, 0.2) is 0 Å². The van der Waals surface area contributed by atoms with Gasteiger partial charge in [-0.25, -0.2) is 0 Å². The molecule has 0 rings (SSSR count). The monoisotopic (exact) mass is 215 g/mol. The van der Waals surface area contributed by atoms with E-state index in [0.29, 0.717) is 0 Å². The first-order chi connectivity index (χ1) is 6.97. The Morgan fingerprint density at radius 1 is 1.40 bits per heavy atom. The summed E-state index contributed by atoms with van der Waals surface area (Å²) in [6, 6.07) is -0.153. The molecule has 1 amide bonds. The Morgan fingerprint density at radius 2 is 2.00 bits per heavy atom. The molecule has 0 saturated carbocycles. The smallest absolute Gasteiger partial charge is 0.237 e. The van der Waals surface area contributed by atoms with E-state index in [1.165, 1.54) is 0 Å². The number of nitrogens with two attached hydrogens (primary N) is 1. The van der Waals surface area contributed by atoms with Gasteiger partial charge in [0, 0.05) is 6.04 Å². The minimum absolute atomic E-state index is 0.0249. The summed E-state index contributed by atoms with van der Waals surface area (Å²) in [6.45, 7) is 5.02. The molecule has 0 aliphatic carbocycles. The molecule has 0 aliphatic rings. The Hall–Kier alpha value is -0.610. The molecule has 0 spiro atoms. The minimum atomic E-state index is -0.350. The lowest BCUT2D eigenvalue weighted by molar-refractivity contribution is -0.123. The standard InChI is InChI=1S/C11H25N3O/c1-5-6-10(12)11(15)13-9(2)7-8-14(3)4/h9-10H,5-8,12H2,1-4H3,(H,13,15)/t9?,10-/m0/s1. The van der Waals surface area contributed by atoms with Crippen molar-refractivity contribution in [3.63, 3.8) is 0 Å². The number of carbonyl (C=O) groups is 1. The molecule has 0 aliphatic heterocycles. The van der Waals surface area contributed by atoms with E-state index in [0.717, 1.165) is 25.8 Å². The third-order valence-corrected chi connectivity index (χ3v) is 2.33. The zero-order chi connectivity index (χ0) is 11.8. The number of amides is 1. The Balaban J connectivity index is 3.75. The van der Waals surface area contributed by atoms with Crippen molar-refractivity contribution >= 4 is 5.91 Å². The van der Waals surface area contributed by atoms with Gasteiger partial charge in [0.1, 0.15) is 0 Å². The number of hydrogen-bond donors (Lipinski definition) is 2. The highest BCUT2D eigenvalue weighted by Crippen LogP contribution is 1.96. The molecule has 90 valence electrons. The fraction of sp³-hybridized carbons (Fsp3) is 0.909. The Labute approximate surface area is 93.2 Å². The summed E-state index contributed by atoms with van der Waals surface area (Å²) in [5.74, 6) is -0.0249. The van der Waals surface area contributed by atoms with Crippen molar-refractivity contribution in [3.8, 4) is 0 Å². The largest absolute Gasteiger partial charge is 0.352 e. The van der Waals surface area contributed by atoms with E-state index >= 15 is 0 Å². The van der Waals surface area contributed by atoms with Gasteiger partial charge in [-0.05, 0) is 40.4 Å². The van der Waals surface area contributed by atoms with E-state index in [1.807, 2.05) is 27.9 Å². The average Bonchev–Trinajstić information content (AvgIpc) is 2.15. The maximum atomic E-state index is 11.5. The van der Waals surface area contributed by atoms with Gasteiger partial charge in [-0.2, -0.15) is 0 Å². The molecule has 0 saturated heterocycles. The average molecular weight is 215 g/mol. The van der Waals surface area contributed by atoms with Crippen LogP contribution in [0, 0.1) is 0 Å². The van der Waals surface area contributed by atoms with Crippen LogP contribution in [0.5, 0.6) is 0 Å². The summed E-state index contributed by atoms with van der Waals surface area (Å²) in [5.41, 5.74) is 5.71. The lowest BCUT2D eigenvalue weighted by Gasteiger charge is -2.18. The maximum Gasteiger partial charge on any atom is 0.237 e. The fourth-order valence-electron chi connectivity index (χ4n) is 1.32. The van der Waals surface area contributed by atoms with E-state index < -0.39 is 0 Å². The first-order valence-electron chi connectivity index (χ1n) is 5.68. The van der Waals surface area contributed by atoms with Gasteiger partial charge in [-0.3, -0.25) is 4.79 Å². The summed E-state index contributed by atoms with van der Waals surface area (Å²) in [6.07, 6.45) is 2.66. The van der Waals surface area contributed by atoms with Crippen LogP contribution < -0.4 is 11.1 Å². The predicted octanol–water partition coefficient (Wildman–Crippen LogP) is 0.570. The van der Waals surface area contributed by atoms with Gasteiger partial charge in [0.2, 0.25) is 5.91 Å². The summed E-state index contributed by atoms with van der Waals surface area (Å²) in [7, 11) is 4.05. The quantitative estimate of drug-likeness (QED) is 0.653. The highest BCUT2D eigenvalue weighted by molar-refractivity contribution is 5.81. The number of rotatable bonds is 7. The van der Waals surface area contributed by atoms with E-state index in [-0.39, 0.29) is 18.0 Å². The van der Waals surface area contributed by atoms with E-state index in [9.17, 15) is 4.79 Å². The van der Waals surface area contributed by atoms with Crippen LogP contribution in [0.2, 0.25) is 0 Å². The third-order valence-electron chi connectivity index (χ3n) is 2.33. The van der Waals surface area contributed by atoms with Gasteiger partial charge < -0.3 is 16.0 Å². The Bertz CT molecular complexity index is 183. The summed E-state index contributed by atoms with van der Waals surface area (Å²) in [5, 5.41) is 2.93. The topological polar surface area (TPSA) is 58.4 Å². The van der Waals surface area contributed by atoms with Crippen molar-refractivity contribution < 1.29 is 4.79 Å². The van der Waals surface area contributed by atoms with E-state index in [1.54, 1.807) is 0 Å². The summed E-state index contributed by atoms with van der Waals surface area (Å²) < 4.78 is 0. The summed E-state index contributed by atoms with van der Waals surface area (Å²) in [4.78, 5) is 13.6. The second-order valence-corrected chi connectivity index (χ2v) is 4.40. The molecule has 15 heavy (non-hydrogen) atoms. The molecular formula is C11H25N3O. The number of carbonyl (C=O) groups excluding carboxylic acids is 1. The maximum absolute atomic E-state index is 11.5. The number of nitrogens with zero attached hydrogens (tertiary/aromatic N) is 1. The van der Waals surface area contributed by atoms with Gasteiger partial charge >= 0.3 is 0 Å². The first kappa shape index (κ1) is 14.4. The molecule has 4 heteroatoms. The van der Waals surface area contributed by atoms with Crippen LogP contribution in [-0.2, 0) is 4.79 Å². The molecule has 0 radical (unpaired) electrons. The van der Waals surface area contributed by atoms with E-state index in [2.05, 4.69) is 10.2 Å². The van der Waals surface area contributed by atoms with Gasteiger partial charge in [-0.15, -0.1) is 0 Å². The molecule has 0 bridgehead atoms. The Morgan fingerprint density at radius 3 is 2.47 bits per heavy atom. The number of nitrogens with one attached hydrogen (secondary N) is 1. The van der Waals surface area contributed by atoms with Crippen molar-refractivity contribution in [2.75, 3.05) is 20.6 Å². The highest BCUT2D eigenvalue weighted by atomic mass is 16.2. The third kappa shape index (κ3) is 7.33. The van der Waals surface area contributed by atoms with Crippen LogP contribution in [0.25, 0.3) is 0 Å². The molecule has 0 fully saturated rings. The lowest BCUT2D eigenvalue weighted by atomic mass is 10.1. The van der Waals surface area contributed by atoms with Crippen LogP contribution in [0.4, 0.5) is 0 Å². The number of hydrogen-bond acceptors (Lipinski definition) is 3. The van der Waals surface area contributed by atoms with Gasteiger partial charge in [-0.1, -0.05) is 13.3 Å². The van der Waals surface area contributed by atoms with Crippen LogP contribution in [-0.4, -0.2) is 43.5 Å². The molecule has 0 aromatic carbocycles. The molecule has 0 heterocycles. The molecule has 0 aromatic heterocycles. The van der Waals surface area contributed by atoms with Crippen LogP contribution >= 0.6 is 0 Å². The second-order valence-electron chi connectivity index (χ2n) is 4.40. The van der Waals surface area contributed by atoms with Crippen molar-refractivity contribution in [2.45, 2.75) is 45.2 Å². The highest BCUT2D eigenvalue weighted by Gasteiger charge is 2.14. The molecule has 4 nitrogen and oxygen atoms in total.